The van der Waals surface area contributed by atoms with E-state index in [2.05, 4.69) is 10.00 Å². The number of hydrogen-bond donors (Lipinski definition) is 0. The molecule has 1 amide bonds. The van der Waals surface area contributed by atoms with Gasteiger partial charge >= 0.3 is 0 Å². The summed E-state index contributed by atoms with van der Waals surface area (Å²) in [6.07, 6.45) is 5.60. The van der Waals surface area contributed by atoms with E-state index in [0.29, 0.717) is 37.9 Å². The maximum Gasteiger partial charge on any atom is 0.289 e. The lowest BCUT2D eigenvalue weighted by Crippen LogP contribution is -2.49. The number of anilines is 1. The standard InChI is InChI=1S/C24H24N6O3/c1-32-18-8-6-17(7-9-18)30-23-19(15-25-30)22(26-21(27-23)16-4-5-16)28-10-12-29(13-11-28)24(31)20-3-2-14-33-20/h2-3,6-9,14-16H,4-5,10-13H2,1H3. The Morgan fingerprint density at radius 3 is 2.52 bits per heavy atom. The molecule has 0 radical (unpaired) electrons. The molecule has 0 bridgehead atoms. The predicted octanol–water partition coefficient (Wildman–Crippen LogP) is 3.26. The molecule has 9 nitrogen and oxygen atoms in total. The van der Waals surface area contributed by atoms with Crippen LogP contribution in [0.3, 0.4) is 0 Å². The van der Waals surface area contributed by atoms with Crippen molar-refractivity contribution < 1.29 is 13.9 Å². The lowest BCUT2D eigenvalue weighted by Gasteiger charge is -2.35. The number of rotatable bonds is 5. The first-order valence-electron chi connectivity index (χ1n) is 11.2. The van der Waals surface area contributed by atoms with E-state index in [1.54, 1.807) is 19.2 Å². The summed E-state index contributed by atoms with van der Waals surface area (Å²) in [6.45, 7) is 2.60. The fourth-order valence-electron chi connectivity index (χ4n) is 4.26. The Bertz CT molecular complexity index is 1290. The average molecular weight is 444 g/mol. The minimum Gasteiger partial charge on any atom is -0.497 e. The maximum atomic E-state index is 12.6. The summed E-state index contributed by atoms with van der Waals surface area (Å²) in [7, 11) is 1.65. The van der Waals surface area contributed by atoms with Crippen molar-refractivity contribution in [2.45, 2.75) is 18.8 Å². The minimum atomic E-state index is -0.0709. The van der Waals surface area contributed by atoms with Crippen LogP contribution in [-0.2, 0) is 0 Å². The van der Waals surface area contributed by atoms with Crippen LogP contribution in [0.4, 0.5) is 5.82 Å². The Labute approximate surface area is 190 Å². The van der Waals surface area contributed by atoms with E-state index in [-0.39, 0.29) is 5.91 Å². The number of carbonyl (C=O) groups excluding carboxylic acids is 1. The highest BCUT2D eigenvalue weighted by atomic mass is 16.5. The topological polar surface area (TPSA) is 89.5 Å². The highest BCUT2D eigenvalue weighted by molar-refractivity contribution is 5.92. The molecule has 1 aromatic carbocycles. The van der Waals surface area contributed by atoms with Gasteiger partial charge in [0.25, 0.3) is 5.91 Å². The molecule has 1 aliphatic heterocycles. The van der Waals surface area contributed by atoms with E-state index in [9.17, 15) is 4.79 Å². The molecule has 0 N–H and O–H groups in total. The molecule has 33 heavy (non-hydrogen) atoms. The molecule has 2 fully saturated rings. The van der Waals surface area contributed by atoms with Gasteiger partial charge in [-0.15, -0.1) is 0 Å². The van der Waals surface area contributed by atoms with Crippen molar-refractivity contribution in [2.24, 2.45) is 0 Å². The number of ether oxygens (including phenoxy) is 1. The summed E-state index contributed by atoms with van der Waals surface area (Å²) in [5.41, 5.74) is 1.73. The number of methoxy groups -OCH3 is 1. The van der Waals surface area contributed by atoms with Crippen molar-refractivity contribution in [2.75, 3.05) is 38.2 Å². The van der Waals surface area contributed by atoms with Gasteiger partial charge in [0, 0.05) is 32.1 Å². The number of fused-ring (bicyclic) bond motifs is 1. The first kappa shape index (κ1) is 19.8. The van der Waals surface area contributed by atoms with Crippen LogP contribution in [0, 0.1) is 0 Å². The van der Waals surface area contributed by atoms with Gasteiger partial charge in [0.2, 0.25) is 0 Å². The van der Waals surface area contributed by atoms with Crippen LogP contribution in [0.1, 0.15) is 35.1 Å². The highest BCUT2D eigenvalue weighted by Gasteiger charge is 2.31. The van der Waals surface area contributed by atoms with E-state index in [0.717, 1.165) is 47.0 Å². The zero-order valence-electron chi connectivity index (χ0n) is 18.3. The number of amides is 1. The highest BCUT2D eigenvalue weighted by Crippen LogP contribution is 2.40. The summed E-state index contributed by atoms with van der Waals surface area (Å²) in [5.74, 6) is 3.29. The molecule has 9 heteroatoms. The molecule has 0 atom stereocenters. The maximum absolute atomic E-state index is 12.6. The Kier molecular flexibility index (Phi) is 4.74. The van der Waals surface area contributed by atoms with Gasteiger partial charge in [-0.1, -0.05) is 0 Å². The quantitative estimate of drug-likeness (QED) is 0.467. The van der Waals surface area contributed by atoms with Gasteiger partial charge in [0.15, 0.2) is 11.4 Å². The molecule has 4 aromatic rings. The smallest absolute Gasteiger partial charge is 0.289 e. The van der Waals surface area contributed by atoms with Crippen molar-refractivity contribution in [3.8, 4) is 11.4 Å². The van der Waals surface area contributed by atoms with Gasteiger partial charge in [-0.2, -0.15) is 5.10 Å². The van der Waals surface area contributed by atoms with E-state index >= 15 is 0 Å². The van der Waals surface area contributed by atoms with E-state index in [4.69, 9.17) is 19.1 Å². The van der Waals surface area contributed by atoms with Gasteiger partial charge in [-0.05, 0) is 49.2 Å². The molecular formula is C24H24N6O3. The Balaban J connectivity index is 1.32. The molecule has 1 aliphatic carbocycles. The van der Waals surface area contributed by atoms with Crippen molar-refractivity contribution in [1.82, 2.24) is 24.6 Å². The number of carbonyl (C=O) groups is 1. The number of nitrogens with zero attached hydrogens (tertiary/aromatic N) is 6. The monoisotopic (exact) mass is 444 g/mol. The summed E-state index contributed by atoms with van der Waals surface area (Å²) in [4.78, 5) is 26.6. The summed E-state index contributed by atoms with van der Waals surface area (Å²) < 4.78 is 12.4. The summed E-state index contributed by atoms with van der Waals surface area (Å²) in [6, 6.07) is 11.2. The van der Waals surface area contributed by atoms with Crippen molar-refractivity contribution in [3.05, 3.63) is 60.4 Å². The second-order valence-electron chi connectivity index (χ2n) is 8.43. The molecule has 168 valence electrons. The van der Waals surface area contributed by atoms with E-state index in [1.165, 1.54) is 6.26 Å². The second kappa shape index (κ2) is 7.91. The third-order valence-electron chi connectivity index (χ3n) is 6.28. The number of hydrogen-bond acceptors (Lipinski definition) is 7. The van der Waals surface area contributed by atoms with E-state index in [1.807, 2.05) is 40.0 Å². The van der Waals surface area contributed by atoms with Crippen molar-refractivity contribution >= 4 is 22.8 Å². The first-order valence-corrected chi connectivity index (χ1v) is 11.2. The van der Waals surface area contributed by atoms with Gasteiger partial charge in [0.05, 0.1) is 30.6 Å². The lowest BCUT2D eigenvalue weighted by atomic mass is 10.2. The molecule has 4 heterocycles. The van der Waals surface area contributed by atoms with Gasteiger partial charge < -0.3 is 19.0 Å². The molecule has 1 saturated carbocycles. The van der Waals surface area contributed by atoms with Crippen molar-refractivity contribution in [1.29, 1.82) is 0 Å². The third-order valence-corrected chi connectivity index (χ3v) is 6.28. The number of aromatic nitrogens is 4. The molecule has 3 aromatic heterocycles. The second-order valence-corrected chi connectivity index (χ2v) is 8.43. The first-order chi connectivity index (χ1) is 16.2. The molecule has 1 saturated heterocycles. The fourth-order valence-corrected chi connectivity index (χ4v) is 4.26. The predicted molar refractivity (Wildman–Crippen MR) is 122 cm³/mol. The normalized spacial score (nSPS) is 16.4. The Hall–Kier alpha value is -3.88. The van der Waals surface area contributed by atoms with Crippen LogP contribution in [0.2, 0.25) is 0 Å². The fraction of sp³-hybridized carbons (Fsp3) is 0.333. The molecule has 0 unspecified atom stereocenters. The number of piperazine rings is 1. The van der Waals surface area contributed by atoms with Gasteiger partial charge in [0.1, 0.15) is 17.4 Å². The van der Waals surface area contributed by atoms with Crippen LogP contribution < -0.4 is 9.64 Å². The van der Waals surface area contributed by atoms with Gasteiger partial charge in [-0.25, -0.2) is 14.6 Å². The van der Waals surface area contributed by atoms with Crippen LogP contribution in [0.15, 0.2) is 53.3 Å². The van der Waals surface area contributed by atoms with Crippen LogP contribution >= 0.6 is 0 Å². The Morgan fingerprint density at radius 1 is 1.06 bits per heavy atom. The summed E-state index contributed by atoms with van der Waals surface area (Å²) >= 11 is 0. The van der Waals surface area contributed by atoms with Crippen LogP contribution in [0.25, 0.3) is 16.7 Å². The lowest BCUT2D eigenvalue weighted by molar-refractivity contribution is 0.0714. The van der Waals surface area contributed by atoms with Crippen molar-refractivity contribution in [3.63, 3.8) is 0 Å². The zero-order chi connectivity index (χ0) is 22.4. The minimum absolute atomic E-state index is 0.0709. The molecule has 2 aliphatic rings. The third kappa shape index (κ3) is 3.59. The molecule has 6 rings (SSSR count). The summed E-state index contributed by atoms with van der Waals surface area (Å²) in [5, 5.41) is 5.56. The number of furan rings is 1. The molecule has 0 spiro atoms. The largest absolute Gasteiger partial charge is 0.497 e. The molecular weight excluding hydrogens is 420 g/mol. The number of benzene rings is 1. The average Bonchev–Trinajstić information content (AvgIpc) is 3.40. The van der Waals surface area contributed by atoms with Crippen LogP contribution in [-0.4, -0.2) is 63.8 Å². The van der Waals surface area contributed by atoms with E-state index < -0.39 is 0 Å². The zero-order valence-corrected chi connectivity index (χ0v) is 18.3. The van der Waals surface area contributed by atoms with Gasteiger partial charge in [-0.3, -0.25) is 4.79 Å². The Morgan fingerprint density at radius 2 is 1.85 bits per heavy atom. The SMILES string of the molecule is COc1ccc(-n2ncc3c(N4CCN(C(=O)c5ccco5)CC4)nc(C4CC4)nc32)cc1. The van der Waals surface area contributed by atoms with Crippen LogP contribution in [0.5, 0.6) is 5.75 Å².